The predicted molar refractivity (Wildman–Crippen MR) is 131 cm³/mol. The van der Waals surface area contributed by atoms with Gasteiger partial charge in [-0.15, -0.1) is 0 Å². The first-order chi connectivity index (χ1) is 14.5. The van der Waals surface area contributed by atoms with Gasteiger partial charge in [0.15, 0.2) is 0 Å². The zero-order valence-corrected chi connectivity index (χ0v) is 20.7. The molecule has 0 aliphatic heterocycles. The van der Waals surface area contributed by atoms with Crippen LogP contribution in [0.15, 0.2) is 23.3 Å². The molecular weight excluding hydrogens is 360 g/mol. The zero-order valence-electron chi connectivity index (χ0n) is 20.7. The lowest BCUT2D eigenvalue weighted by Gasteiger charge is -2.58. The molecule has 4 aliphatic carbocycles. The van der Waals surface area contributed by atoms with Crippen LogP contribution in [0, 0.1) is 40.9 Å². The van der Waals surface area contributed by atoms with Gasteiger partial charge in [0.05, 0.1) is 0 Å². The van der Waals surface area contributed by atoms with Gasteiger partial charge >= 0.3 is 0 Å². The molecule has 0 heteroatoms. The van der Waals surface area contributed by atoms with E-state index in [2.05, 4.69) is 39.8 Å². The summed E-state index contributed by atoms with van der Waals surface area (Å²) >= 11 is 0. The molecule has 170 valence electrons. The third-order valence-corrected chi connectivity index (χ3v) is 10.3. The fourth-order valence-corrected chi connectivity index (χ4v) is 8.50. The maximum absolute atomic E-state index is 2.66. The summed E-state index contributed by atoms with van der Waals surface area (Å²) in [7, 11) is 0. The Hall–Kier alpha value is -0.520. The molecule has 0 aromatic rings. The molecule has 0 nitrogen and oxygen atoms in total. The van der Waals surface area contributed by atoms with Crippen LogP contribution < -0.4 is 0 Å². The van der Waals surface area contributed by atoms with Gasteiger partial charge in [-0.2, -0.15) is 0 Å². The quantitative estimate of drug-likeness (QED) is 0.332. The van der Waals surface area contributed by atoms with Gasteiger partial charge in [-0.05, 0) is 86.4 Å². The van der Waals surface area contributed by atoms with Gasteiger partial charge in [0, 0.05) is 0 Å². The van der Waals surface area contributed by atoms with Crippen LogP contribution in [0.25, 0.3) is 0 Å². The van der Waals surface area contributed by atoms with Crippen molar-refractivity contribution in [3.63, 3.8) is 0 Å². The maximum atomic E-state index is 2.66. The zero-order chi connectivity index (χ0) is 21.1. The minimum atomic E-state index is 0.483. The van der Waals surface area contributed by atoms with Crippen molar-refractivity contribution in [2.24, 2.45) is 40.9 Å². The first-order valence-corrected chi connectivity index (χ1v) is 13.9. The van der Waals surface area contributed by atoms with Gasteiger partial charge in [0.2, 0.25) is 0 Å². The highest BCUT2D eigenvalue weighted by Crippen LogP contribution is 2.64. The monoisotopic (exact) mass is 410 g/mol. The standard InChI is InChI=1S/C30H50/c1-5-6-7-8-9-10-11-12-13-24-21-25-20-22(2)18-19-30(25,4)28-17-16-26-23(3)14-15-27(26)29(24)28/h18,20,23-24,26-29H,5-17,19,21H2,1-4H3/t23-,24+,26?,27?,28?,29?,30-/m0/s1. The molecule has 3 saturated carbocycles. The Bertz CT molecular complexity index is 624. The van der Waals surface area contributed by atoms with E-state index in [1.165, 1.54) is 95.5 Å². The molecule has 4 rings (SSSR count). The Morgan fingerprint density at radius 3 is 2.37 bits per heavy atom. The summed E-state index contributed by atoms with van der Waals surface area (Å²) in [5.74, 6) is 6.10. The SMILES string of the molecule is CCCCCCCCCC[C@@H]1CC2=CC(C)=CC[C@]2(C)C2CCC3C(CC[C@@H]3C)C21. The van der Waals surface area contributed by atoms with Crippen LogP contribution in [0.2, 0.25) is 0 Å². The van der Waals surface area contributed by atoms with E-state index < -0.39 is 0 Å². The Kier molecular flexibility index (Phi) is 7.52. The summed E-state index contributed by atoms with van der Waals surface area (Å²) < 4.78 is 0. The molecule has 0 radical (unpaired) electrons. The van der Waals surface area contributed by atoms with Crippen molar-refractivity contribution in [2.45, 2.75) is 124 Å². The second kappa shape index (κ2) is 9.95. The number of allylic oxidation sites excluding steroid dienone is 4. The van der Waals surface area contributed by atoms with E-state index in [0.717, 1.165) is 35.5 Å². The molecule has 0 spiro atoms. The minimum absolute atomic E-state index is 0.483. The third kappa shape index (κ3) is 4.49. The Morgan fingerprint density at radius 1 is 0.900 bits per heavy atom. The van der Waals surface area contributed by atoms with Crippen LogP contribution in [-0.2, 0) is 0 Å². The maximum Gasteiger partial charge on any atom is -0.00473 e. The molecule has 0 saturated heterocycles. The van der Waals surface area contributed by atoms with E-state index in [9.17, 15) is 0 Å². The Balaban J connectivity index is 1.41. The van der Waals surface area contributed by atoms with Gasteiger partial charge < -0.3 is 0 Å². The van der Waals surface area contributed by atoms with Crippen molar-refractivity contribution >= 4 is 0 Å². The van der Waals surface area contributed by atoms with Gasteiger partial charge in [0.1, 0.15) is 0 Å². The molecule has 0 bridgehead atoms. The van der Waals surface area contributed by atoms with Crippen molar-refractivity contribution in [3.05, 3.63) is 23.3 Å². The number of hydrogen-bond acceptors (Lipinski definition) is 0. The van der Waals surface area contributed by atoms with Crippen LogP contribution in [0.1, 0.15) is 124 Å². The van der Waals surface area contributed by atoms with E-state index in [1.807, 2.05) is 5.57 Å². The lowest BCUT2D eigenvalue weighted by atomic mass is 9.47. The minimum Gasteiger partial charge on any atom is -0.0807 e. The molecule has 0 amide bonds. The number of rotatable bonds is 9. The van der Waals surface area contributed by atoms with E-state index in [0.29, 0.717) is 5.41 Å². The number of unbranched alkanes of at least 4 members (excludes halogenated alkanes) is 7. The summed E-state index contributed by atoms with van der Waals surface area (Å²) in [6.45, 7) is 9.88. The van der Waals surface area contributed by atoms with E-state index in [1.54, 1.807) is 6.42 Å². The van der Waals surface area contributed by atoms with E-state index in [4.69, 9.17) is 0 Å². The van der Waals surface area contributed by atoms with Crippen molar-refractivity contribution in [2.75, 3.05) is 0 Å². The van der Waals surface area contributed by atoms with Crippen LogP contribution >= 0.6 is 0 Å². The fourth-order valence-electron chi connectivity index (χ4n) is 8.50. The van der Waals surface area contributed by atoms with Crippen LogP contribution in [0.3, 0.4) is 0 Å². The van der Waals surface area contributed by atoms with Crippen LogP contribution in [0.5, 0.6) is 0 Å². The van der Waals surface area contributed by atoms with Gasteiger partial charge in [-0.1, -0.05) is 102 Å². The molecule has 30 heavy (non-hydrogen) atoms. The smallest absolute Gasteiger partial charge is 0.00473 e. The lowest BCUT2D eigenvalue weighted by molar-refractivity contribution is -0.0362. The van der Waals surface area contributed by atoms with Crippen molar-refractivity contribution in [3.8, 4) is 0 Å². The average molecular weight is 411 g/mol. The van der Waals surface area contributed by atoms with Crippen molar-refractivity contribution in [1.82, 2.24) is 0 Å². The highest BCUT2D eigenvalue weighted by Gasteiger charge is 2.56. The summed E-state index contributed by atoms with van der Waals surface area (Å²) in [5.41, 5.74) is 3.87. The molecule has 0 aromatic heterocycles. The van der Waals surface area contributed by atoms with E-state index >= 15 is 0 Å². The molecule has 4 unspecified atom stereocenters. The largest absolute Gasteiger partial charge is 0.0807 e. The Labute approximate surface area is 188 Å². The van der Waals surface area contributed by atoms with Crippen LogP contribution in [0.4, 0.5) is 0 Å². The number of fused-ring (bicyclic) bond motifs is 5. The molecule has 0 aromatic carbocycles. The normalized spacial score (nSPS) is 40.3. The second-order valence-corrected chi connectivity index (χ2v) is 12.1. The molecule has 0 heterocycles. The molecular formula is C30H50. The first-order valence-electron chi connectivity index (χ1n) is 13.9. The van der Waals surface area contributed by atoms with Gasteiger partial charge in [0.25, 0.3) is 0 Å². The summed E-state index contributed by atoms with van der Waals surface area (Å²) in [5, 5.41) is 0. The topological polar surface area (TPSA) is 0 Å². The fraction of sp³-hybridized carbons (Fsp3) is 0.867. The average Bonchev–Trinajstić information content (AvgIpc) is 3.12. The summed E-state index contributed by atoms with van der Waals surface area (Å²) in [6, 6.07) is 0. The highest BCUT2D eigenvalue weighted by atomic mass is 14.6. The highest BCUT2D eigenvalue weighted by molar-refractivity contribution is 5.35. The molecule has 4 aliphatic rings. The third-order valence-electron chi connectivity index (χ3n) is 10.3. The van der Waals surface area contributed by atoms with Crippen molar-refractivity contribution < 1.29 is 0 Å². The summed E-state index contributed by atoms with van der Waals surface area (Å²) in [4.78, 5) is 0. The molecule has 0 N–H and O–H groups in total. The molecule has 3 fully saturated rings. The summed E-state index contributed by atoms with van der Waals surface area (Å²) in [6.07, 6.45) is 27.2. The second-order valence-electron chi connectivity index (χ2n) is 12.1. The van der Waals surface area contributed by atoms with Crippen molar-refractivity contribution in [1.29, 1.82) is 0 Å². The number of hydrogen-bond donors (Lipinski definition) is 0. The molecule has 7 atom stereocenters. The first kappa shape index (κ1) is 22.7. The van der Waals surface area contributed by atoms with Crippen LogP contribution in [-0.4, -0.2) is 0 Å². The van der Waals surface area contributed by atoms with E-state index in [-0.39, 0.29) is 0 Å². The van der Waals surface area contributed by atoms with Gasteiger partial charge in [-0.25, -0.2) is 0 Å². The lowest BCUT2D eigenvalue weighted by Crippen LogP contribution is -2.50. The van der Waals surface area contributed by atoms with Gasteiger partial charge in [-0.3, -0.25) is 0 Å². The predicted octanol–water partition coefficient (Wildman–Crippen LogP) is 9.51. The Morgan fingerprint density at radius 2 is 1.60 bits per heavy atom.